The van der Waals surface area contributed by atoms with Crippen LogP contribution in [0.4, 0.5) is 5.69 Å². The molecule has 5 nitrogen and oxygen atoms in total. The summed E-state index contributed by atoms with van der Waals surface area (Å²) in [5.41, 5.74) is 1.41. The first-order chi connectivity index (χ1) is 10.0. The van der Waals surface area contributed by atoms with Crippen LogP contribution in [-0.2, 0) is 9.53 Å². The number of hydrogen-bond acceptors (Lipinski definition) is 5. The Morgan fingerprint density at radius 1 is 1.38 bits per heavy atom. The van der Waals surface area contributed by atoms with Crippen LogP contribution in [0, 0.1) is 5.92 Å². The molecule has 0 aromatic heterocycles. The molecule has 5 heteroatoms. The van der Waals surface area contributed by atoms with Crippen LogP contribution < -0.4 is 10.1 Å². The SMILES string of the molecule is COC(=O)CCC(=O)c1ccc2c(c1)NCC(C(C)C)O2. The first-order valence-electron chi connectivity index (χ1n) is 7.16. The van der Waals surface area contributed by atoms with E-state index in [1.165, 1.54) is 7.11 Å². The van der Waals surface area contributed by atoms with Crippen LogP contribution >= 0.6 is 0 Å². The van der Waals surface area contributed by atoms with Crippen LogP contribution in [0.1, 0.15) is 37.0 Å². The van der Waals surface area contributed by atoms with Crippen LogP contribution in [0.25, 0.3) is 0 Å². The Kier molecular flexibility index (Phi) is 4.83. The molecule has 0 bridgehead atoms. The molecule has 1 aromatic rings. The zero-order valence-electron chi connectivity index (χ0n) is 12.6. The molecular formula is C16H21NO4. The van der Waals surface area contributed by atoms with Crippen LogP contribution in [0.2, 0.25) is 0 Å². The van der Waals surface area contributed by atoms with Crippen LogP contribution in [0.3, 0.4) is 0 Å². The molecule has 2 rings (SSSR count). The molecule has 0 spiro atoms. The number of hydrogen-bond donors (Lipinski definition) is 1. The highest BCUT2D eigenvalue weighted by atomic mass is 16.5. The molecule has 1 atom stereocenters. The molecule has 0 saturated carbocycles. The lowest BCUT2D eigenvalue weighted by Crippen LogP contribution is -2.35. The molecule has 114 valence electrons. The Morgan fingerprint density at radius 3 is 2.81 bits per heavy atom. The number of esters is 1. The maximum Gasteiger partial charge on any atom is 0.305 e. The number of Topliss-reactive ketones (excluding diaryl/α,β-unsaturated/α-hetero) is 1. The van der Waals surface area contributed by atoms with Crippen molar-refractivity contribution in [1.82, 2.24) is 0 Å². The zero-order valence-corrected chi connectivity index (χ0v) is 12.6. The normalized spacial score (nSPS) is 16.7. The maximum absolute atomic E-state index is 12.0. The number of ether oxygens (including phenoxy) is 2. The summed E-state index contributed by atoms with van der Waals surface area (Å²) in [6, 6.07) is 5.33. The van der Waals surface area contributed by atoms with E-state index in [0.29, 0.717) is 11.5 Å². The van der Waals surface area contributed by atoms with Gasteiger partial charge >= 0.3 is 5.97 Å². The van der Waals surface area contributed by atoms with Crippen LogP contribution in [0.15, 0.2) is 18.2 Å². The largest absolute Gasteiger partial charge is 0.486 e. The summed E-state index contributed by atoms with van der Waals surface area (Å²) in [5.74, 6) is 0.745. The highest BCUT2D eigenvalue weighted by Gasteiger charge is 2.22. The monoisotopic (exact) mass is 291 g/mol. The van der Waals surface area contributed by atoms with Gasteiger partial charge in [-0.25, -0.2) is 0 Å². The fourth-order valence-corrected chi connectivity index (χ4v) is 2.19. The van der Waals surface area contributed by atoms with Gasteiger partial charge in [0.15, 0.2) is 5.78 Å². The smallest absolute Gasteiger partial charge is 0.305 e. The summed E-state index contributed by atoms with van der Waals surface area (Å²) in [4.78, 5) is 23.1. The highest BCUT2D eigenvalue weighted by Crippen LogP contribution is 2.32. The molecule has 0 aliphatic carbocycles. The Hall–Kier alpha value is -2.04. The number of ketones is 1. The van der Waals surface area contributed by atoms with Crippen molar-refractivity contribution in [3.05, 3.63) is 23.8 Å². The minimum absolute atomic E-state index is 0.0732. The van der Waals surface area contributed by atoms with Gasteiger partial charge in [0, 0.05) is 12.0 Å². The molecule has 0 saturated heterocycles. The third-order valence-electron chi connectivity index (χ3n) is 3.60. The summed E-state index contributed by atoms with van der Waals surface area (Å²) < 4.78 is 10.4. The van der Waals surface area contributed by atoms with E-state index < -0.39 is 0 Å². The second kappa shape index (κ2) is 6.61. The van der Waals surface area contributed by atoms with Crippen molar-refractivity contribution in [3.63, 3.8) is 0 Å². The molecule has 1 aliphatic heterocycles. The van der Waals surface area contributed by atoms with Gasteiger partial charge in [0.2, 0.25) is 0 Å². The van der Waals surface area contributed by atoms with Crippen LogP contribution in [0.5, 0.6) is 5.75 Å². The number of fused-ring (bicyclic) bond motifs is 1. The summed E-state index contributed by atoms with van der Waals surface area (Å²) in [7, 11) is 1.32. The van der Waals surface area contributed by atoms with Gasteiger partial charge in [-0.3, -0.25) is 9.59 Å². The van der Waals surface area contributed by atoms with Crippen molar-refractivity contribution in [2.45, 2.75) is 32.8 Å². The van der Waals surface area contributed by atoms with Gasteiger partial charge in [-0.1, -0.05) is 13.8 Å². The molecule has 1 aliphatic rings. The Bertz CT molecular complexity index is 539. The minimum atomic E-state index is -0.373. The standard InChI is InChI=1S/C16H21NO4/c1-10(2)15-9-17-12-8-11(4-6-14(12)21-15)13(18)5-7-16(19)20-3/h4,6,8,10,15,17H,5,7,9H2,1-3H3. The van der Waals surface area contributed by atoms with Crippen molar-refractivity contribution in [2.75, 3.05) is 19.0 Å². The lowest BCUT2D eigenvalue weighted by Gasteiger charge is -2.30. The molecule has 21 heavy (non-hydrogen) atoms. The second-order valence-corrected chi connectivity index (χ2v) is 5.49. The van der Waals surface area contributed by atoms with E-state index in [2.05, 4.69) is 23.9 Å². The van der Waals surface area contributed by atoms with Crippen LogP contribution in [-0.4, -0.2) is 31.5 Å². The quantitative estimate of drug-likeness (QED) is 0.667. The predicted octanol–water partition coefficient (Wildman–Crippen LogP) is 2.65. The third-order valence-corrected chi connectivity index (χ3v) is 3.60. The number of rotatable bonds is 5. The van der Waals surface area contributed by atoms with E-state index in [0.717, 1.165) is 18.0 Å². The highest BCUT2D eigenvalue weighted by molar-refractivity contribution is 5.98. The van der Waals surface area contributed by atoms with Gasteiger partial charge in [0.05, 0.1) is 25.8 Å². The van der Waals surface area contributed by atoms with E-state index in [4.69, 9.17) is 4.74 Å². The molecule has 0 radical (unpaired) electrons. The van der Waals surface area contributed by atoms with E-state index in [-0.39, 0.29) is 30.7 Å². The third kappa shape index (κ3) is 3.74. The number of carbonyl (C=O) groups excluding carboxylic acids is 2. The fourth-order valence-electron chi connectivity index (χ4n) is 2.19. The zero-order chi connectivity index (χ0) is 15.4. The first kappa shape index (κ1) is 15.4. The summed E-state index contributed by atoms with van der Waals surface area (Å²) in [5, 5.41) is 3.30. The average Bonchev–Trinajstić information content (AvgIpc) is 2.50. The van der Waals surface area contributed by atoms with Gasteiger partial charge in [0.25, 0.3) is 0 Å². The van der Waals surface area contributed by atoms with E-state index in [1.54, 1.807) is 12.1 Å². The summed E-state index contributed by atoms with van der Waals surface area (Å²) in [6.07, 6.45) is 0.394. The van der Waals surface area contributed by atoms with E-state index in [1.807, 2.05) is 6.07 Å². The van der Waals surface area contributed by atoms with Gasteiger partial charge in [-0.05, 0) is 24.1 Å². The lowest BCUT2D eigenvalue weighted by atomic mass is 10.0. The first-order valence-corrected chi connectivity index (χ1v) is 7.16. The van der Waals surface area contributed by atoms with E-state index in [9.17, 15) is 9.59 Å². The molecular weight excluding hydrogens is 270 g/mol. The van der Waals surface area contributed by atoms with Gasteiger partial charge in [-0.2, -0.15) is 0 Å². The predicted molar refractivity (Wildman–Crippen MR) is 79.8 cm³/mol. The van der Waals surface area contributed by atoms with Gasteiger partial charge in [0.1, 0.15) is 11.9 Å². The summed E-state index contributed by atoms with van der Waals surface area (Å²) in [6.45, 7) is 4.95. The van der Waals surface area contributed by atoms with Crippen molar-refractivity contribution in [1.29, 1.82) is 0 Å². The summed E-state index contributed by atoms with van der Waals surface area (Å²) >= 11 is 0. The number of benzene rings is 1. The van der Waals surface area contributed by atoms with Crippen molar-refractivity contribution in [3.8, 4) is 5.75 Å². The van der Waals surface area contributed by atoms with Gasteiger partial charge in [-0.15, -0.1) is 0 Å². The maximum atomic E-state index is 12.0. The average molecular weight is 291 g/mol. The fraction of sp³-hybridized carbons (Fsp3) is 0.500. The molecule has 1 unspecified atom stereocenters. The molecule has 0 fully saturated rings. The molecule has 0 amide bonds. The van der Waals surface area contributed by atoms with Crippen molar-refractivity contribution in [2.24, 2.45) is 5.92 Å². The second-order valence-electron chi connectivity index (χ2n) is 5.49. The van der Waals surface area contributed by atoms with Crippen molar-refractivity contribution < 1.29 is 19.1 Å². The van der Waals surface area contributed by atoms with Crippen molar-refractivity contribution >= 4 is 17.4 Å². The Balaban J connectivity index is 2.05. The number of methoxy groups -OCH3 is 1. The number of anilines is 1. The minimum Gasteiger partial charge on any atom is -0.486 e. The Labute approximate surface area is 124 Å². The topological polar surface area (TPSA) is 64.6 Å². The van der Waals surface area contributed by atoms with Gasteiger partial charge < -0.3 is 14.8 Å². The van der Waals surface area contributed by atoms with E-state index >= 15 is 0 Å². The number of nitrogens with one attached hydrogen (secondary N) is 1. The number of carbonyl (C=O) groups is 2. The lowest BCUT2D eigenvalue weighted by molar-refractivity contribution is -0.140. The molecule has 1 heterocycles. The molecule has 1 N–H and O–H groups in total. The Morgan fingerprint density at radius 2 is 2.14 bits per heavy atom. The molecule has 1 aromatic carbocycles.